The van der Waals surface area contributed by atoms with Crippen LogP contribution < -0.4 is 5.73 Å². The first-order valence-corrected chi connectivity index (χ1v) is 8.54. The lowest BCUT2D eigenvalue weighted by Gasteiger charge is -2.10. The standard InChI is InChI=1S/C14H18N8O2S/c1-4-8(2)5-21-7-16-9-10(21)18-14(15)19-12(9)25-13-11(22(23)24)17-6-20(13)3/h6-8H,4-5H2,1-3H3,(H2,15,18,19). The van der Waals surface area contributed by atoms with E-state index in [4.69, 9.17) is 5.73 Å². The van der Waals surface area contributed by atoms with Gasteiger partial charge >= 0.3 is 5.82 Å². The van der Waals surface area contributed by atoms with Gasteiger partial charge in [0.15, 0.2) is 10.7 Å². The summed E-state index contributed by atoms with van der Waals surface area (Å²) in [5.41, 5.74) is 7.04. The number of fused-ring (bicyclic) bond motifs is 1. The van der Waals surface area contributed by atoms with Gasteiger partial charge in [-0.15, -0.1) is 0 Å². The minimum atomic E-state index is -0.522. The maximum absolute atomic E-state index is 11.2. The number of hydrogen-bond donors (Lipinski definition) is 1. The van der Waals surface area contributed by atoms with Gasteiger partial charge in [0.1, 0.15) is 10.5 Å². The van der Waals surface area contributed by atoms with Crippen LogP contribution in [0.5, 0.6) is 0 Å². The van der Waals surface area contributed by atoms with Crippen LogP contribution in [0.1, 0.15) is 20.3 Å². The molecule has 3 heterocycles. The second-order valence-corrected chi connectivity index (χ2v) is 6.79. The Labute approximate surface area is 147 Å². The van der Waals surface area contributed by atoms with Crippen molar-refractivity contribution in [2.75, 3.05) is 5.73 Å². The van der Waals surface area contributed by atoms with E-state index in [0.29, 0.717) is 27.1 Å². The summed E-state index contributed by atoms with van der Waals surface area (Å²) in [4.78, 5) is 27.3. The van der Waals surface area contributed by atoms with E-state index in [9.17, 15) is 10.1 Å². The van der Waals surface area contributed by atoms with Crippen LogP contribution in [-0.4, -0.2) is 34.0 Å². The lowest BCUT2D eigenvalue weighted by molar-refractivity contribution is -0.392. The normalized spacial score (nSPS) is 12.6. The number of nitro groups is 1. The lowest BCUT2D eigenvalue weighted by atomic mass is 10.1. The second-order valence-electron chi connectivity index (χ2n) is 5.81. The molecular weight excluding hydrogens is 344 g/mol. The number of imidazole rings is 2. The fraction of sp³-hybridized carbons (Fsp3) is 0.429. The summed E-state index contributed by atoms with van der Waals surface area (Å²) in [6.07, 6.45) is 4.12. The summed E-state index contributed by atoms with van der Waals surface area (Å²) < 4.78 is 3.51. The highest BCUT2D eigenvalue weighted by molar-refractivity contribution is 7.99. The Hall–Kier alpha value is -2.69. The van der Waals surface area contributed by atoms with Crippen molar-refractivity contribution in [3.63, 3.8) is 0 Å². The van der Waals surface area contributed by atoms with Crippen LogP contribution in [0.15, 0.2) is 22.7 Å². The van der Waals surface area contributed by atoms with Gasteiger partial charge in [0, 0.05) is 13.6 Å². The van der Waals surface area contributed by atoms with Crippen LogP contribution in [0.3, 0.4) is 0 Å². The number of aromatic nitrogens is 6. The molecule has 3 rings (SSSR count). The zero-order chi connectivity index (χ0) is 18.1. The summed E-state index contributed by atoms with van der Waals surface area (Å²) >= 11 is 1.11. The molecule has 0 saturated carbocycles. The Morgan fingerprint density at radius 3 is 2.80 bits per heavy atom. The van der Waals surface area contributed by atoms with Crippen molar-refractivity contribution < 1.29 is 4.92 Å². The number of nitrogen functional groups attached to an aromatic ring is 1. The zero-order valence-electron chi connectivity index (χ0n) is 14.1. The Bertz CT molecular complexity index is 934. The van der Waals surface area contributed by atoms with Crippen LogP contribution in [0.4, 0.5) is 11.8 Å². The molecule has 3 aromatic heterocycles. The monoisotopic (exact) mass is 362 g/mol. The van der Waals surface area contributed by atoms with Crippen LogP contribution >= 0.6 is 11.8 Å². The van der Waals surface area contributed by atoms with Crippen LogP contribution in [0, 0.1) is 16.0 Å². The summed E-state index contributed by atoms with van der Waals surface area (Å²) in [7, 11) is 1.69. The molecule has 0 fully saturated rings. The van der Waals surface area contributed by atoms with E-state index in [-0.39, 0.29) is 11.8 Å². The molecule has 0 spiro atoms. The van der Waals surface area contributed by atoms with Gasteiger partial charge in [0.05, 0.1) is 6.33 Å². The van der Waals surface area contributed by atoms with Gasteiger partial charge in [-0.05, 0) is 27.6 Å². The highest BCUT2D eigenvalue weighted by atomic mass is 32.2. The van der Waals surface area contributed by atoms with E-state index < -0.39 is 4.92 Å². The predicted octanol–water partition coefficient (Wildman–Crippen LogP) is 2.25. The number of rotatable bonds is 6. The molecule has 132 valence electrons. The number of hydrogen-bond acceptors (Lipinski definition) is 8. The lowest BCUT2D eigenvalue weighted by Crippen LogP contribution is -2.07. The third-order valence-corrected chi connectivity index (χ3v) is 5.03. The van der Waals surface area contributed by atoms with Crippen molar-refractivity contribution in [1.82, 2.24) is 29.1 Å². The molecule has 3 aromatic rings. The molecular formula is C14H18N8O2S. The molecule has 0 aliphatic heterocycles. The average Bonchev–Trinajstić information content (AvgIpc) is 3.12. The molecule has 1 atom stereocenters. The SMILES string of the molecule is CCC(C)Cn1cnc2c(Sc3c([N+](=O)[O-])ncn3C)nc(N)nc21. The molecule has 0 aliphatic carbocycles. The van der Waals surface area contributed by atoms with E-state index in [1.165, 1.54) is 6.33 Å². The molecule has 2 N–H and O–H groups in total. The maximum atomic E-state index is 11.2. The molecule has 25 heavy (non-hydrogen) atoms. The minimum absolute atomic E-state index is 0.103. The molecule has 11 heteroatoms. The number of anilines is 1. The first-order chi connectivity index (χ1) is 11.9. The quantitative estimate of drug-likeness (QED) is 0.401. The first kappa shape index (κ1) is 17.1. The van der Waals surface area contributed by atoms with Gasteiger partial charge in [0.2, 0.25) is 12.3 Å². The molecule has 0 saturated heterocycles. The zero-order valence-corrected chi connectivity index (χ0v) is 14.9. The molecule has 0 amide bonds. The summed E-state index contributed by atoms with van der Waals surface area (Å²) in [6.45, 7) is 5.03. The summed E-state index contributed by atoms with van der Waals surface area (Å²) in [5.74, 6) is 0.338. The van der Waals surface area contributed by atoms with Crippen molar-refractivity contribution >= 4 is 34.7 Å². The van der Waals surface area contributed by atoms with E-state index in [0.717, 1.165) is 24.7 Å². The second kappa shape index (κ2) is 6.67. The average molecular weight is 362 g/mol. The van der Waals surface area contributed by atoms with E-state index in [1.807, 2.05) is 4.57 Å². The fourth-order valence-corrected chi connectivity index (χ4v) is 3.32. The Morgan fingerprint density at radius 2 is 2.12 bits per heavy atom. The number of nitrogens with zero attached hydrogens (tertiary/aromatic N) is 7. The highest BCUT2D eigenvalue weighted by Gasteiger charge is 2.24. The fourth-order valence-electron chi connectivity index (χ4n) is 2.35. The highest BCUT2D eigenvalue weighted by Crippen LogP contribution is 2.35. The Kier molecular flexibility index (Phi) is 4.57. The third kappa shape index (κ3) is 3.27. The largest absolute Gasteiger partial charge is 0.396 e. The van der Waals surface area contributed by atoms with Gasteiger partial charge in [0.25, 0.3) is 0 Å². The first-order valence-electron chi connectivity index (χ1n) is 7.72. The number of nitrogens with two attached hydrogens (primary N) is 1. The Balaban J connectivity index is 2.06. The van der Waals surface area contributed by atoms with E-state index in [1.54, 1.807) is 17.9 Å². The predicted molar refractivity (Wildman–Crippen MR) is 93.2 cm³/mol. The van der Waals surface area contributed by atoms with Crippen molar-refractivity contribution in [2.45, 2.75) is 36.9 Å². The van der Waals surface area contributed by atoms with Crippen molar-refractivity contribution in [3.05, 3.63) is 22.8 Å². The van der Waals surface area contributed by atoms with Crippen LogP contribution in [0.25, 0.3) is 11.2 Å². The van der Waals surface area contributed by atoms with Crippen LogP contribution in [-0.2, 0) is 13.6 Å². The van der Waals surface area contributed by atoms with Gasteiger partial charge in [-0.2, -0.15) is 4.98 Å². The maximum Gasteiger partial charge on any atom is 0.396 e. The van der Waals surface area contributed by atoms with Crippen molar-refractivity contribution in [1.29, 1.82) is 0 Å². The third-order valence-electron chi connectivity index (χ3n) is 3.89. The van der Waals surface area contributed by atoms with Gasteiger partial charge in [-0.3, -0.25) is 0 Å². The van der Waals surface area contributed by atoms with Gasteiger partial charge < -0.3 is 25.0 Å². The molecule has 0 bridgehead atoms. The number of aryl methyl sites for hydroxylation is 1. The van der Waals surface area contributed by atoms with Gasteiger partial charge in [-0.25, -0.2) is 9.97 Å². The Morgan fingerprint density at radius 1 is 1.36 bits per heavy atom. The van der Waals surface area contributed by atoms with Crippen molar-refractivity contribution in [3.8, 4) is 0 Å². The molecule has 0 aliphatic rings. The summed E-state index contributed by atoms with van der Waals surface area (Å²) in [6, 6.07) is 0. The minimum Gasteiger partial charge on any atom is -0.368 e. The molecule has 10 nitrogen and oxygen atoms in total. The van der Waals surface area contributed by atoms with Gasteiger partial charge in [-0.1, -0.05) is 20.3 Å². The smallest absolute Gasteiger partial charge is 0.368 e. The van der Waals surface area contributed by atoms with E-state index >= 15 is 0 Å². The topological polar surface area (TPSA) is 131 Å². The molecule has 0 aromatic carbocycles. The van der Waals surface area contributed by atoms with Crippen molar-refractivity contribution in [2.24, 2.45) is 13.0 Å². The van der Waals surface area contributed by atoms with Crippen LogP contribution in [0.2, 0.25) is 0 Å². The van der Waals surface area contributed by atoms with E-state index in [2.05, 4.69) is 33.8 Å². The molecule has 0 radical (unpaired) electrons. The summed E-state index contributed by atoms with van der Waals surface area (Å²) in [5, 5.41) is 12.0. The molecule has 1 unspecified atom stereocenters.